The van der Waals surface area contributed by atoms with Crippen molar-refractivity contribution in [1.82, 2.24) is 0 Å². The van der Waals surface area contributed by atoms with Gasteiger partial charge in [0, 0.05) is 22.2 Å². The molecule has 0 saturated carbocycles. The molecule has 1 N–H and O–H groups in total. The Kier molecular flexibility index (Phi) is 4.54. The molecule has 2 aromatic carbocycles. The zero-order valence-corrected chi connectivity index (χ0v) is 12.2. The molecule has 0 aliphatic carbocycles. The van der Waals surface area contributed by atoms with Crippen LogP contribution in [0.25, 0.3) is 0 Å². The number of rotatable bonds is 5. The van der Waals surface area contributed by atoms with Crippen LogP contribution in [-0.2, 0) is 6.61 Å². The number of benzene rings is 2. The molecule has 0 bridgehead atoms. The Morgan fingerprint density at radius 1 is 1.24 bits per heavy atom. The molecular formula is C14H10BrNO5. The van der Waals surface area contributed by atoms with Crippen LogP contribution in [0.2, 0.25) is 0 Å². The predicted molar refractivity (Wildman–Crippen MR) is 78.5 cm³/mol. The van der Waals surface area contributed by atoms with Gasteiger partial charge in [-0.25, -0.2) is 4.79 Å². The van der Waals surface area contributed by atoms with E-state index >= 15 is 0 Å². The molecule has 0 unspecified atom stereocenters. The number of halogens is 1. The van der Waals surface area contributed by atoms with Crippen molar-refractivity contribution in [2.45, 2.75) is 6.61 Å². The van der Waals surface area contributed by atoms with Gasteiger partial charge in [-0.2, -0.15) is 0 Å². The van der Waals surface area contributed by atoms with E-state index in [0.717, 1.165) is 5.56 Å². The number of ether oxygens (including phenoxy) is 1. The van der Waals surface area contributed by atoms with Crippen molar-refractivity contribution in [1.29, 1.82) is 0 Å². The fourth-order valence-electron chi connectivity index (χ4n) is 1.62. The highest BCUT2D eigenvalue weighted by Gasteiger charge is 2.09. The summed E-state index contributed by atoms with van der Waals surface area (Å²) in [6.45, 7) is 0.213. The summed E-state index contributed by atoms with van der Waals surface area (Å²) < 4.78 is 6.10. The number of nitrogens with zero attached hydrogens (tertiary/aromatic N) is 1. The summed E-state index contributed by atoms with van der Waals surface area (Å²) in [5, 5.41) is 19.4. The van der Waals surface area contributed by atoms with Gasteiger partial charge < -0.3 is 9.84 Å². The standard InChI is InChI=1S/C14H10BrNO5/c15-13-7-11(16(19)20)4-1-10(13)8-21-12-5-2-9(3-6-12)14(17)18/h1-7H,8H2,(H,17,18). The van der Waals surface area contributed by atoms with E-state index in [4.69, 9.17) is 9.84 Å². The lowest BCUT2D eigenvalue weighted by Crippen LogP contribution is -1.99. The van der Waals surface area contributed by atoms with Crippen LogP contribution in [0.4, 0.5) is 5.69 Å². The minimum absolute atomic E-state index is 0.00330. The second-order valence-corrected chi connectivity index (χ2v) is 5.01. The number of nitro groups is 1. The van der Waals surface area contributed by atoms with E-state index < -0.39 is 10.9 Å². The molecule has 0 radical (unpaired) electrons. The first-order chi connectivity index (χ1) is 9.97. The summed E-state index contributed by atoms with van der Waals surface area (Å²) in [6.07, 6.45) is 0. The lowest BCUT2D eigenvalue weighted by Gasteiger charge is -2.08. The molecular weight excluding hydrogens is 342 g/mol. The smallest absolute Gasteiger partial charge is 0.335 e. The van der Waals surface area contributed by atoms with Crippen LogP contribution in [-0.4, -0.2) is 16.0 Å². The van der Waals surface area contributed by atoms with Crippen LogP contribution in [0, 0.1) is 10.1 Å². The Morgan fingerprint density at radius 3 is 2.43 bits per heavy atom. The van der Waals surface area contributed by atoms with Crippen LogP contribution in [0.1, 0.15) is 15.9 Å². The second-order valence-electron chi connectivity index (χ2n) is 4.15. The fourth-order valence-corrected chi connectivity index (χ4v) is 2.10. The highest BCUT2D eigenvalue weighted by atomic mass is 79.9. The zero-order chi connectivity index (χ0) is 15.4. The SMILES string of the molecule is O=C(O)c1ccc(OCc2ccc([N+](=O)[O-])cc2Br)cc1. The largest absolute Gasteiger partial charge is 0.489 e. The van der Waals surface area contributed by atoms with Gasteiger partial charge in [0.2, 0.25) is 0 Å². The number of hydrogen-bond acceptors (Lipinski definition) is 4. The van der Waals surface area contributed by atoms with Crippen molar-refractivity contribution < 1.29 is 19.6 Å². The Labute approximate surface area is 128 Å². The highest BCUT2D eigenvalue weighted by Crippen LogP contribution is 2.24. The van der Waals surface area contributed by atoms with E-state index in [2.05, 4.69) is 15.9 Å². The van der Waals surface area contributed by atoms with Crippen LogP contribution < -0.4 is 4.74 Å². The van der Waals surface area contributed by atoms with E-state index in [1.165, 1.54) is 24.3 Å². The average molecular weight is 352 g/mol. The number of carbonyl (C=O) groups is 1. The third-order valence-corrected chi connectivity index (χ3v) is 3.48. The van der Waals surface area contributed by atoms with Crippen molar-refractivity contribution in [3.63, 3.8) is 0 Å². The number of carboxylic acids is 1. The quantitative estimate of drug-likeness (QED) is 0.656. The molecule has 108 valence electrons. The van der Waals surface area contributed by atoms with Crippen LogP contribution in [0.15, 0.2) is 46.9 Å². The van der Waals surface area contributed by atoms with E-state index in [-0.39, 0.29) is 17.9 Å². The number of hydrogen-bond donors (Lipinski definition) is 1. The molecule has 0 saturated heterocycles. The minimum atomic E-state index is -1.00. The molecule has 0 amide bonds. The van der Waals surface area contributed by atoms with Gasteiger partial charge in [0.1, 0.15) is 12.4 Å². The molecule has 0 fully saturated rings. The maximum Gasteiger partial charge on any atom is 0.335 e. The van der Waals surface area contributed by atoms with Gasteiger partial charge >= 0.3 is 5.97 Å². The number of non-ortho nitro benzene ring substituents is 1. The summed E-state index contributed by atoms with van der Waals surface area (Å²) in [5.74, 6) is -0.482. The Balaban J connectivity index is 2.06. The Morgan fingerprint density at radius 2 is 1.90 bits per heavy atom. The van der Waals surface area contributed by atoms with Crippen molar-refractivity contribution in [2.24, 2.45) is 0 Å². The van der Waals surface area contributed by atoms with Crippen LogP contribution in [0.3, 0.4) is 0 Å². The molecule has 0 aliphatic heterocycles. The monoisotopic (exact) mass is 351 g/mol. The summed E-state index contributed by atoms with van der Waals surface area (Å²) in [7, 11) is 0. The van der Waals surface area contributed by atoms with Gasteiger partial charge in [0.05, 0.1) is 10.5 Å². The van der Waals surface area contributed by atoms with Gasteiger partial charge in [-0.1, -0.05) is 15.9 Å². The summed E-state index contributed by atoms with van der Waals surface area (Å²) >= 11 is 3.26. The fraction of sp³-hybridized carbons (Fsp3) is 0.0714. The molecule has 2 rings (SSSR count). The topological polar surface area (TPSA) is 89.7 Å². The van der Waals surface area contributed by atoms with Crippen molar-refractivity contribution >= 4 is 27.6 Å². The van der Waals surface area contributed by atoms with Gasteiger partial charge in [-0.05, 0) is 30.3 Å². The van der Waals surface area contributed by atoms with E-state index in [0.29, 0.717) is 10.2 Å². The number of aromatic carboxylic acids is 1. The minimum Gasteiger partial charge on any atom is -0.489 e. The van der Waals surface area contributed by atoms with Crippen molar-refractivity contribution in [3.05, 3.63) is 68.2 Å². The molecule has 2 aromatic rings. The normalized spacial score (nSPS) is 10.1. The van der Waals surface area contributed by atoms with Crippen LogP contribution >= 0.6 is 15.9 Å². The van der Waals surface area contributed by atoms with E-state index in [1.54, 1.807) is 18.2 Å². The molecule has 7 heteroatoms. The maximum atomic E-state index is 10.7. The summed E-state index contributed by atoms with van der Waals surface area (Å²) in [4.78, 5) is 20.9. The molecule has 0 aliphatic rings. The van der Waals surface area contributed by atoms with Gasteiger partial charge in [-0.3, -0.25) is 10.1 Å². The molecule has 0 aromatic heterocycles. The highest BCUT2D eigenvalue weighted by molar-refractivity contribution is 9.10. The predicted octanol–water partition coefficient (Wildman–Crippen LogP) is 3.63. The first-order valence-corrected chi connectivity index (χ1v) is 6.65. The van der Waals surface area contributed by atoms with Gasteiger partial charge in [0.15, 0.2) is 0 Å². The van der Waals surface area contributed by atoms with Crippen molar-refractivity contribution in [2.75, 3.05) is 0 Å². The van der Waals surface area contributed by atoms with Gasteiger partial charge in [-0.15, -0.1) is 0 Å². The summed E-state index contributed by atoms with van der Waals surface area (Å²) in [5.41, 5.74) is 0.929. The third-order valence-electron chi connectivity index (χ3n) is 2.74. The van der Waals surface area contributed by atoms with Crippen LogP contribution in [0.5, 0.6) is 5.75 Å². The van der Waals surface area contributed by atoms with Crippen molar-refractivity contribution in [3.8, 4) is 5.75 Å². The van der Waals surface area contributed by atoms with E-state index in [9.17, 15) is 14.9 Å². The first kappa shape index (κ1) is 15.0. The molecule has 0 heterocycles. The Bertz CT molecular complexity index is 684. The zero-order valence-electron chi connectivity index (χ0n) is 10.7. The summed E-state index contributed by atoms with van der Waals surface area (Å²) in [6, 6.07) is 10.4. The Hall–Kier alpha value is -2.41. The number of carboxylic acid groups (broad SMARTS) is 1. The average Bonchev–Trinajstić information content (AvgIpc) is 2.46. The molecule has 6 nitrogen and oxygen atoms in total. The molecule has 0 spiro atoms. The second kappa shape index (κ2) is 6.36. The number of nitro benzene ring substituents is 1. The lowest BCUT2D eigenvalue weighted by atomic mass is 10.2. The first-order valence-electron chi connectivity index (χ1n) is 5.86. The third kappa shape index (κ3) is 3.79. The lowest BCUT2D eigenvalue weighted by molar-refractivity contribution is -0.384. The maximum absolute atomic E-state index is 10.7. The van der Waals surface area contributed by atoms with E-state index in [1.807, 2.05) is 0 Å². The molecule has 0 atom stereocenters. The molecule has 21 heavy (non-hydrogen) atoms. The van der Waals surface area contributed by atoms with Gasteiger partial charge in [0.25, 0.3) is 5.69 Å².